The summed E-state index contributed by atoms with van der Waals surface area (Å²) in [6, 6.07) is 4.06. The molecule has 2 aromatic heterocycles. The van der Waals surface area contributed by atoms with Gasteiger partial charge in [-0.2, -0.15) is 0 Å². The van der Waals surface area contributed by atoms with Crippen molar-refractivity contribution in [3.63, 3.8) is 0 Å². The lowest BCUT2D eigenvalue weighted by molar-refractivity contribution is 0.0694. The highest BCUT2D eigenvalue weighted by Crippen LogP contribution is 2.27. The Balaban J connectivity index is 2.18. The van der Waals surface area contributed by atoms with Gasteiger partial charge in [0.2, 0.25) is 0 Å². The molecule has 17 heavy (non-hydrogen) atoms. The second-order valence-corrected chi connectivity index (χ2v) is 4.90. The Labute approximate surface area is 104 Å². The van der Waals surface area contributed by atoms with Crippen LogP contribution in [0.25, 0.3) is 10.1 Å². The number of aromatic nitrogens is 1. The van der Waals surface area contributed by atoms with Crippen molar-refractivity contribution in [2.75, 3.05) is 32.2 Å². The Morgan fingerprint density at radius 2 is 2.35 bits per heavy atom. The number of ether oxygens (including phenoxy) is 1. The summed E-state index contributed by atoms with van der Waals surface area (Å²) < 4.78 is 6.13. The third-order valence-electron chi connectivity index (χ3n) is 2.56. The zero-order chi connectivity index (χ0) is 12.3. The number of anilines is 1. The van der Waals surface area contributed by atoms with Crippen LogP contribution in [0, 0.1) is 0 Å². The van der Waals surface area contributed by atoms with E-state index in [1.807, 2.05) is 18.0 Å². The average Bonchev–Trinajstić information content (AvgIpc) is 2.76. The molecule has 0 amide bonds. The van der Waals surface area contributed by atoms with Gasteiger partial charge in [0.05, 0.1) is 12.7 Å². The van der Waals surface area contributed by atoms with Gasteiger partial charge in [0.1, 0.15) is 5.82 Å². The first-order chi connectivity index (χ1) is 8.22. The number of aliphatic hydroxyl groups excluding tert-OH is 1. The third kappa shape index (κ3) is 2.74. The molecule has 0 radical (unpaired) electrons. The number of likely N-dealkylation sites (N-methyl/N-ethyl adjacent to an activating group) is 1. The molecule has 1 atom stereocenters. The number of nitrogens with zero attached hydrogens (tertiary/aromatic N) is 2. The standard InChI is InChI=1S/C12H16N2O2S/c1-14(7-9(15)8-16-2)12-10-4-6-17-11(10)3-5-13-12/h3-6,9,15H,7-8H2,1-2H3. The predicted octanol–water partition coefficient (Wildman–Crippen LogP) is 1.74. The van der Waals surface area contributed by atoms with Crippen LogP contribution in [0.5, 0.6) is 0 Å². The van der Waals surface area contributed by atoms with E-state index in [0.717, 1.165) is 11.2 Å². The second-order valence-electron chi connectivity index (χ2n) is 3.96. The molecule has 0 bridgehead atoms. The highest BCUT2D eigenvalue weighted by Gasteiger charge is 2.12. The van der Waals surface area contributed by atoms with E-state index in [9.17, 15) is 5.11 Å². The zero-order valence-electron chi connectivity index (χ0n) is 9.96. The van der Waals surface area contributed by atoms with Crippen molar-refractivity contribution in [3.8, 4) is 0 Å². The highest BCUT2D eigenvalue weighted by molar-refractivity contribution is 7.17. The molecule has 0 aliphatic carbocycles. The maximum atomic E-state index is 9.71. The molecule has 1 unspecified atom stereocenters. The molecule has 0 saturated heterocycles. The number of rotatable bonds is 5. The first-order valence-corrected chi connectivity index (χ1v) is 6.30. The normalized spacial score (nSPS) is 12.9. The van der Waals surface area contributed by atoms with Crippen molar-refractivity contribution in [2.24, 2.45) is 0 Å². The maximum absolute atomic E-state index is 9.71. The zero-order valence-corrected chi connectivity index (χ0v) is 10.8. The molecule has 0 spiro atoms. The average molecular weight is 252 g/mol. The summed E-state index contributed by atoms with van der Waals surface area (Å²) >= 11 is 1.69. The minimum absolute atomic E-state index is 0.337. The van der Waals surface area contributed by atoms with Gasteiger partial charge in [-0.3, -0.25) is 0 Å². The minimum Gasteiger partial charge on any atom is -0.389 e. The van der Waals surface area contributed by atoms with Gasteiger partial charge >= 0.3 is 0 Å². The fourth-order valence-corrected chi connectivity index (χ4v) is 2.61. The number of thiophene rings is 1. The maximum Gasteiger partial charge on any atom is 0.137 e. The summed E-state index contributed by atoms with van der Waals surface area (Å²) in [5, 5.41) is 12.9. The van der Waals surface area contributed by atoms with Crippen LogP contribution in [0.1, 0.15) is 0 Å². The first-order valence-electron chi connectivity index (χ1n) is 5.42. The Kier molecular flexibility index (Phi) is 3.93. The number of hydrogen-bond donors (Lipinski definition) is 1. The summed E-state index contributed by atoms with van der Waals surface area (Å²) in [6.45, 7) is 0.847. The van der Waals surface area contributed by atoms with Crippen LogP contribution in [-0.4, -0.2) is 43.5 Å². The number of hydrogen-bond acceptors (Lipinski definition) is 5. The van der Waals surface area contributed by atoms with Crippen LogP contribution in [0.3, 0.4) is 0 Å². The number of pyridine rings is 1. The molecule has 2 heterocycles. The Morgan fingerprint density at radius 3 is 3.12 bits per heavy atom. The van der Waals surface area contributed by atoms with E-state index < -0.39 is 6.10 Å². The monoisotopic (exact) mass is 252 g/mol. The first kappa shape index (κ1) is 12.3. The molecule has 1 N–H and O–H groups in total. The van der Waals surface area contributed by atoms with Crippen LogP contribution in [-0.2, 0) is 4.74 Å². The molecule has 0 fully saturated rings. The molecule has 0 aliphatic rings. The van der Waals surface area contributed by atoms with Crippen molar-refractivity contribution in [3.05, 3.63) is 23.7 Å². The van der Waals surface area contributed by atoms with Crippen LogP contribution in [0.2, 0.25) is 0 Å². The van der Waals surface area contributed by atoms with Crippen molar-refractivity contribution >= 4 is 27.2 Å². The molecule has 4 nitrogen and oxygen atoms in total. The number of methoxy groups -OCH3 is 1. The van der Waals surface area contributed by atoms with Gasteiger partial charge < -0.3 is 14.7 Å². The molecule has 0 aromatic carbocycles. The summed E-state index contributed by atoms with van der Waals surface area (Å²) in [5.74, 6) is 0.902. The van der Waals surface area contributed by atoms with E-state index in [-0.39, 0.29) is 0 Å². The lowest BCUT2D eigenvalue weighted by atomic mass is 10.3. The SMILES string of the molecule is COCC(O)CN(C)c1nccc2sccc12. The summed E-state index contributed by atoms with van der Waals surface area (Å²) in [7, 11) is 3.51. The van der Waals surface area contributed by atoms with Crippen LogP contribution in [0.4, 0.5) is 5.82 Å². The Hall–Kier alpha value is -1.17. The van der Waals surface area contributed by atoms with E-state index in [2.05, 4.69) is 16.4 Å². The van der Waals surface area contributed by atoms with E-state index in [1.165, 1.54) is 4.70 Å². The highest BCUT2D eigenvalue weighted by atomic mass is 32.1. The summed E-state index contributed by atoms with van der Waals surface area (Å²) in [6.07, 6.45) is 1.30. The van der Waals surface area contributed by atoms with Crippen molar-refractivity contribution in [1.82, 2.24) is 4.98 Å². The van der Waals surface area contributed by atoms with Gasteiger partial charge in [0.15, 0.2) is 0 Å². The largest absolute Gasteiger partial charge is 0.389 e. The van der Waals surface area contributed by atoms with Crippen molar-refractivity contribution in [2.45, 2.75) is 6.10 Å². The van der Waals surface area contributed by atoms with Crippen LogP contribution < -0.4 is 4.90 Å². The molecular weight excluding hydrogens is 236 g/mol. The molecule has 92 valence electrons. The van der Waals surface area contributed by atoms with Gasteiger partial charge in [0.25, 0.3) is 0 Å². The quantitative estimate of drug-likeness (QED) is 0.880. The van der Waals surface area contributed by atoms with Gasteiger partial charge in [-0.05, 0) is 17.5 Å². The smallest absolute Gasteiger partial charge is 0.137 e. The van der Waals surface area contributed by atoms with Crippen LogP contribution in [0.15, 0.2) is 23.7 Å². The Morgan fingerprint density at radius 1 is 1.53 bits per heavy atom. The fourth-order valence-electron chi connectivity index (χ4n) is 1.83. The van der Waals surface area contributed by atoms with Gasteiger partial charge in [0, 0.05) is 37.0 Å². The number of aliphatic hydroxyl groups is 1. The summed E-state index contributed by atoms with van der Waals surface area (Å²) in [5.41, 5.74) is 0. The third-order valence-corrected chi connectivity index (χ3v) is 3.45. The predicted molar refractivity (Wildman–Crippen MR) is 70.8 cm³/mol. The van der Waals surface area contributed by atoms with Gasteiger partial charge in [-0.25, -0.2) is 4.98 Å². The molecule has 5 heteroatoms. The van der Waals surface area contributed by atoms with Crippen molar-refractivity contribution in [1.29, 1.82) is 0 Å². The van der Waals surface area contributed by atoms with E-state index in [1.54, 1.807) is 24.6 Å². The molecule has 2 rings (SSSR count). The topological polar surface area (TPSA) is 45.6 Å². The molecular formula is C12H16N2O2S. The van der Waals surface area contributed by atoms with Crippen LogP contribution >= 0.6 is 11.3 Å². The Bertz CT molecular complexity index is 486. The van der Waals surface area contributed by atoms with Crippen molar-refractivity contribution < 1.29 is 9.84 Å². The van der Waals surface area contributed by atoms with Gasteiger partial charge in [-0.1, -0.05) is 0 Å². The van der Waals surface area contributed by atoms with E-state index in [4.69, 9.17) is 4.74 Å². The summed E-state index contributed by atoms with van der Waals surface area (Å²) in [4.78, 5) is 6.33. The van der Waals surface area contributed by atoms with E-state index >= 15 is 0 Å². The molecule has 0 saturated carbocycles. The molecule has 0 aliphatic heterocycles. The van der Waals surface area contributed by atoms with Gasteiger partial charge in [-0.15, -0.1) is 11.3 Å². The fraction of sp³-hybridized carbons (Fsp3) is 0.417. The lowest BCUT2D eigenvalue weighted by Gasteiger charge is -2.21. The second kappa shape index (κ2) is 5.44. The number of fused-ring (bicyclic) bond motifs is 1. The lowest BCUT2D eigenvalue weighted by Crippen LogP contribution is -2.32. The minimum atomic E-state index is -0.499. The van der Waals surface area contributed by atoms with E-state index in [0.29, 0.717) is 13.2 Å². The molecule has 2 aromatic rings.